The molecule has 4 nitrogen and oxygen atoms in total. The minimum atomic E-state index is -0.276. The summed E-state index contributed by atoms with van der Waals surface area (Å²) in [6.07, 6.45) is 0.592. The van der Waals surface area contributed by atoms with Gasteiger partial charge < -0.3 is 15.2 Å². The van der Waals surface area contributed by atoms with E-state index in [1.807, 2.05) is 19.1 Å². The summed E-state index contributed by atoms with van der Waals surface area (Å²) < 4.78 is 5.90. The van der Waals surface area contributed by atoms with Crippen molar-refractivity contribution in [1.29, 1.82) is 0 Å². The molecule has 0 aliphatic carbocycles. The molecule has 0 radical (unpaired) electrons. The maximum Gasteiger partial charge on any atom is 0.251 e. The summed E-state index contributed by atoms with van der Waals surface area (Å²) in [6.45, 7) is 2.34. The van der Waals surface area contributed by atoms with Crippen molar-refractivity contribution in [2.45, 2.75) is 19.4 Å². The number of nitrogens with one attached hydrogen (secondary N) is 1. The van der Waals surface area contributed by atoms with Crippen molar-refractivity contribution in [3.8, 4) is 0 Å². The fraction of sp³-hybridized carbons (Fsp3) is 0.462. The number of hydrogen-bond acceptors (Lipinski definition) is 3. The van der Waals surface area contributed by atoms with E-state index in [4.69, 9.17) is 9.84 Å². The highest BCUT2D eigenvalue weighted by Crippen LogP contribution is 2.17. The van der Waals surface area contributed by atoms with Crippen LogP contribution in [0.5, 0.6) is 0 Å². The van der Waals surface area contributed by atoms with Crippen LogP contribution in [0.4, 0.5) is 0 Å². The molecular weight excluding hydrogens is 298 g/mol. The number of carbonyl (C=O) groups is 1. The lowest BCUT2D eigenvalue weighted by molar-refractivity contribution is 0.0894. The molecule has 0 heterocycles. The van der Waals surface area contributed by atoms with Gasteiger partial charge >= 0.3 is 0 Å². The van der Waals surface area contributed by atoms with Crippen LogP contribution in [0.1, 0.15) is 22.3 Å². The average Bonchev–Trinajstić information content (AvgIpc) is 2.37. The molecule has 18 heavy (non-hydrogen) atoms. The van der Waals surface area contributed by atoms with E-state index >= 15 is 0 Å². The number of methoxy groups -OCH3 is 1. The molecule has 100 valence electrons. The highest BCUT2D eigenvalue weighted by Gasteiger charge is 2.13. The summed E-state index contributed by atoms with van der Waals surface area (Å²) in [6, 6.07) is 5.12. The van der Waals surface area contributed by atoms with Crippen molar-refractivity contribution in [3.05, 3.63) is 33.8 Å². The van der Waals surface area contributed by atoms with E-state index in [1.54, 1.807) is 13.2 Å². The largest absolute Gasteiger partial charge is 0.394 e. The van der Waals surface area contributed by atoms with E-state index in [9.17, 15) is 4.79 Å². The highest BCUT2D eigenvalue weighted by atomic mass is 79.9. The van der Waals surface area contributed by atoms with E-state index in [0.717, 1.165) is 10.0 Å². The van der Waals surface area contributed by atoms with Crippen LogP contribution >= 0.6 is 15.9 Å². The number of benzene rings is 1. The summed E-state index contributed by atoms with van der Waals surface area (Å²) in [5.41, 5.74) is 1.59. The molecule has 2 N–H and O–H groups in total. The molecule has 5 heteroatoms. The molecule has 1 aromatic rings. The molecular formula is C13H18BrNO3. The first-order valence-corrected chi connectivity index (χ1v) is 6.54. The Labute approximate surface area is 115 Å². The van der Waals surface area contributed by atoms with Gasteiger partial charge in [0.1, 0.15) is 0 Å². The van der Waals surface area contributed by atoms with Gasteiger partial charge in [0.15, 0.2) is 0 Å². The number of ether oxygens (including phenoxy) is 1. The Kier molecular flexibility index (Phi) is 6.32. The van der Waals surface area contributed by atoms with Gasteiger partial charge in [0.25, 0.3) is 5.91 Å². The molecule has 0 saturated heterocycles. The first kappa shape index (κ1) is 15.1. The maximum atomic E-state index is 12.0. The van der Waals surface area contributed by atoms with Gasteiger partial charge in [0, 0.05) is 23.8 Å². The van der Waals surface area contributed by atoms with Gasteiger partial charge in [0.05, 0.1) is 12.6 Å². The normalized spacial score (nSPS) is 12.2. The number of aliphatic hydroxyl groups excluding tert-OH is 1. The molecule has 0 bridgehead atoms. The Balaban J connectivity index is 2.65. The van der Waals surface area contributed by atoms with Crippen LogP contribution in [0.3, 0.4) is 0 Å². The van der Waals surface area contributed by atoms with Crippen LogP contribution in [0, 0.1) is 6.92 Å². The maximum absolute atomic E-state index is 12.0. The fourth-order valence-corrected chi connectivity index (χ4v) is 1.77. The third-order valence-electron chi connectivity index (χ3n) is 2.65. The quantitative estimate of drug-likeness (QED) is 0.842. The van der Waals surface area contributed by atoms with Gasteiger partial charge in [-0.3, -0.25) is 4.79 Å². The van der Waals surface area contributed by atoms with Crippen LogP contribution < -0.4 is 5.32 Å². The SMILES string of the molecule is COCCC(CO)NC(=O)c1ccc(Br)c(C)c1. The fourth-order valence-electron chi connectivity index (χ4n) is 1.52. The van der Waals surface area contributed by atoms with Gasteiger partial charge in [-0.05, 0) is 37.1 Å². The molecule has 0 saturated carbocycles. The minimum Gasteiger partial charge on any atom is -0.394 e. The van der Waals surface area contributed by atoms with E-state index in [2.05, 4.69) is 21.2 Å². The Hall–Kier alpha value is -0.910. The number of carbonyl (C=O) groups excluding carboxylic acids is 1. The molecule has 0 spiro atoms. The topological polar surface area (TPSA) is 58.6 Å². The molecule has 0 aromatic heterocycles. The minimum absolute atomic E-state index is 0.0926. The Morgan fingerprint density at radius 3 is 2.83 bits per heavy atom. The lowest BCUT2D eigenvalue weighted by Gasteiger charge is -2.16. The van der Waals surface area contributed by atoms with Crippen molar-refractivity contribution in [3.63, 3.8) is 0 Å². The smallest absolute Gasteiger partial charge is 0.251 e. The Bertz CT molecular complexity index is 409. The third-order valence-corrected chi connectivity index (χ3v) is 3.54. The average molecular weight is 316 g/mol. The van der Waals surface area contributed by atoms with Crippen molar-refractivity contribution in [2.75, 3.05) is 20.3 Å². The van der Waals surface area contributed by atoms with Gasteiger partial charge in [-0.15, -0.1) is 0 Å². The second-order valence-electron chi connectivity index (χ2n) is 4.10. The summed E-state index contributed by atoms with van der Waals surface area (Å²) in [4.78, 5) is 12.0. The number of aryl methyl sites for hydroxylation is 1. The van der Waals surface area contributed by atoms with Crippen molar-refractivity contribution < 1.29 is 14.6 Å². The summed E-state index contributed by atoms with van der Waals surface area (Å²) >= 11 is 3.39. The molecule has 0 fully saturated rings. The standard InChI is InChI=1S/C13H18BrNO3/c1-9-7-10(3-4-12(9)14)13(17)15-11(8-16)5-6-18-2/h3-4,7,11,16H,5-6,8H2,1-2H3,(H,15,17). The zero-order valence-electron chi connectivity index (χ0n) is 10.6. The van der Waals surface area contributed by atoms with Crippen LogP contribution in [0.2, 0.25) is 0 Å². The Morgan fingerprint density at radius 2 is 2.28 bits per heavy atom. The molecule has 1 unspecified atom stereocenters. The van der Waals surface area contributed by atoms with Crippen LogP contribution in [0.15, 0.2) is 22.7 Å². The van der Waals surface area contributed by atoms with Gasteiger partial charge in [-0.2, -0.15) is 0 Å². The molecule has 0 aliphatic rings. The number of amides is 1. The number of hydrogen-bond donors (Lipinski definition) is 2. The van der Waals surface area contributed by atoms with Gasteiger partial charge in [0.2, 0.25) is 0 Å². The second kappa shape index (κ2) is 7.51. The van der Waals surface area contributed by atoms with E-state index in [-0.39, 0.29) is 18.6 Å². The number of aliphatic hydroxyl groups is 1. The third kappa shape index (κ3) is 4.40. The zero-order chi connectivity index (χ0) is 13.5. The number of halogens is 1. The highest BCUT2D eigenvalue weighted by molar-refractivity contribution is 9.10. The first-order valence-electron chi connectivity index (χ1n) is 5.75. The second-order valence-corrected chi connectivity index (χ2v) is 4.95. The zero-order valence-corrected chi connectivity index (χ0v) is 12.2. The van der Waals surface area contributed by atoms with Crippen molar-refractivity contribution in [2.24, 2.45) is 0 Å². The van der Waals surface area contributed by atoms with Gasteiger partial charge in [-0.1, -0.05) is 15.9 Å². The van der Waals surface area contributed by atoms with Crippen molar-refractivity contribution in [1.82, 2.24) is 5.32 Å². The molecule has 1 atom stereocenters. The van der Waals surface area contributed by atoms with Gasteiger partial charge in [-0.25, -0.2) is 0 Å². The van der Waals surface area contributed by atoms with Crippen LogP contribution in [-0.4, -0.2) is 37.4 Å². The predicted octanol–water partition coefficient (Wildman–Crippen LogP) is 1.88. The monoisotopic (exact) mass is 315 g/mol. The van der Waals surface area contributed by atoms with E-state index in [1.165, 1.54) is 0 Å². The lowest BCUT2D eigenvalue weighted by Crippen LogP contribution is -2.38. The van der Waals surface area contributed by atoms with E-state index in [0.29, 0.717) is 18.6 Å². The van der Waals surface area contributed by atoms with Crippen LogP contribution in [0.25, 0.3) is 0 Å². The molecule has 1 amide bonds. The lowest BCUT2D eigenvalue weighted by atomic mass is 10.1. The van der Waals surface area contributed by atoms with Crippen LogP contribution in [-0.2, 0) is 4.74 Å². The summed E-state index contributed by atoms with van der Waals surface area (Å²) in [5.74, 6) is -0.180. The predicted molar refractivity (Wildman–Crippen MR) is 73.7 cm³/mol. The summed E-state index contributed by atoms with van der Waals surface area (Å²) in [5, 5.41) is 11.9. The first-order chi connectivity index (χ1) is 8.58. The summed E-state index contributed by atoms with van der Waals surface area (Å²) in [7, 11) is 1.59. The molecule has 1 aromatic carbocycles. The Morgan fingerprint density at radius 1 is 1.56 bits per heavy atom. The number of rotatable bonds is 6. The van der Waals surface area contributed by atoms with E-state index < -0.39 is 0 Å². The molecule has 1 rings (SSSR count). The molecule has 0 aliphatic heterocycles. The van der Waals surface area contributed by atoms with Crippen molar-refractivity contribution >= 4 is 21.8 Å².